The van der Waals surface area contributed by atoms with Crippen molar-refractivity contribution in [3.05, 3.63) is 0 Å². The van der Waals surface area contributed by atoms with Gasteiger partial charge in [0.1, 0.15) is 0 Å². The van der Waals surface area contributed by atoms with Gasteiger partial charge in [0.05, 0.1) is 17.9 Å². The van der Waals surface area contributed by atoms with Crippen LogP contribution in [0.1, 0.15) is 25.7 Å². The second kappa shape index (κ2) is 6.06. The summed E-state index contributed by atoms with van der Waals surface area (Å²) in [6, 6.07) is -0.194. The average Bonchev–Trinajstić information content (AvgIpc) is 2.39. The number of piperidine rings is 1. The number of nitrogens with zero attached hydrogens (tertiary/aromatic N) is 1. The highest BCUT2D eigenvalue weighted by Crippen LogP contribution is 2.16. The van der Waals surface area contributed by atoms with Gasteiger partial charge in [-0.3, -0.25) is 0 Å². The van der Waals surface area contributed by atoms with E-state index in [-0.39, 0.29) is 18.6 Å². The number of urea groups is 1. The van der Waals surface area contributed by atoms with E-state index in [9.17, 15) is 13.2 Å². The number of carbonyl (C=O) groups excluding carboxylic acids is 1. The Bertz CT molecular complexity index is 420. The first-order valence-corrected chi connectivity index (χ1v) is 8.22. The number of hydrogen-bond donors (Lipinski definition) is 2. The summed E-state index contributed by atoms with van der Waals surface area (Å²) in [4.78, 5) is 13.6. The molecule has 2 heterocycles. The van der Waals surface area contributed by atoms with Crippen LogP contribution in [-0.2, 0) is 14.8 Å². The molecule has 2 rings (SSSR count). The molecule has 19 heavy (non-hydrogen) atoms. The predicted octanol–water partition coefficient (Wildman–Crippen LogP) is -0.372. The highest BCUT2D eigenvalue weighted by atomic mass is 32.2. The second-order valence-corrected chi connectivity index (χ2v) is 7.01. The highest BCUT2D eigenvalue weighted by Gasteiger charge is 2.31. The number of amides is 2. The van der Waals surface area contributed by atoms with Crippen molar-refractivity contribution in [1.82, 2.24) is 10.2 Å². The maximum atomic E-state index is 12.1. The van der Waals surface area contributed by atoms with Gasteiger partial charge >= 0.3 is 6.03 Å². The minimum Gasteiger partial charge on any atom is -0.379 e. The van der Waals surface area contributed by atoms with Crippen molar-refractivity contribution in [3.8, 4) is 0 Å². The molecule has 2 aliphatic rings. The molecule has 0 aromatic carbocycles. The average molecular weight is 291 g/mol. The van der Waals surface area contributed by atoms with Crippen LogP contribution in [0.2, 0.25) is 0 Å². The molecule has 2 fully saturated rings. The first kappa shape index (κ1) is 14.5. The third-order valence-electron chi connectivity index (χ3n) is 3.62. The van der Waals surface area contributed by atoms with Gasteiger partial charge in [-0.15, -0.1) is 0 Å². The third kappa shape index (κ3) is 4.05. The van der Waals surface area contributed by atoms with Gasteiger partial charge in [-0.2, -0.15) is 0 Å². The molecule has 7 nitrogen and oxygen atoms in total. The molecule has 0 bridgehead atoms. The molecule has 110 valence electrons. The molecule has 0 radical (unpaired) electrons. The minimum absolute atomic E-state index is 0.0242. The van der Waals surface area contributed by atoms with Crippen molar-refractivity contribution < 1.29 is 17.9 Å². The van der Waals surface area contributed by atoms with Crippen LogP contribution in [0, 0.1) is 0 Å². The summed E-state index contributed by atoms with van der Waals surface area (Å²) in [6.45, 7) is 2.02. The van der Waals surface area contributed by atoms with E-state index in [2.05, 4.69) is 5.32 Å². The van der Waals surface area contributed by atoms with Crippen LogP contribution >= 0.6 is 0 Å². The van der Waals surface area contributed by atoms with Crippen LogP contribution in [0.5, 0.6) is 0 Å². The van der Waals surface area contributed by atoms with Crippen LogP contribution in [0.25, 0.3) is 0 Å². The molecule has 0 aromatic rings. The number of primary sulfonamides is 1. The molecule has 8 heteroatoms. The summed E-state index contributed by atoms with van der Waals surface area (Å²) in [5.41, 5.74) is 0. The summed E-state index contributed by atoms with van der Waals surface area (Å²) in [5, 5.41) is 7.39. The van der Waals surface area contributed by atoms with Gasteiger partial charge in [0.2, 0.25) is 10.0 Å². The second-order valence-electron chi connectivity index (χ2n) is 5.16. The van der Waals surface area contributed by atoms with Gasteiger partial charge in [-0.1, -0.05) is 0 Å². The van der Waals surface area contributed by atoms with Crippen LogP contribution in [-0.4, -0.2) is 56.9 Å². The lowest BCUT2D eigenvalue weighted by Gasteiger charge is -2.33. The summed E-state index contributed by atoms with van der Waals surface area (Å²) >= 11 is 0. The SMILES string of the molecule is NS(=O)(=O)C1CCCN(C(=O)N[C@@H]2CCCOC2)C1. The van der Waals surface area contributed by atoms with E-state index in [0.717, 1.165) is 19.4 Å². The Labute approximate surface area is 113 Å². The Morgan fingerprint density at radius 1 is 1.32 bits per heavy atom. The van der Waals surface area contributed by atoms with Gasteiger partial charge < -0.3 is 15.0 Å². The predicted molar refractivity (Wildman–Crippen MR) is 70.1 cm³/mol. The van der Waals surface area contributed by atoms with Crippen molar-refractivity contribution in [2.75, 3.05) is 26.3 Å². The number of rotatable bonds is 2. The van der Waals surface area contributed by atoms with E-state index in [1.165, 1.54) is 4.90 Å². The number of nitrogens with two attached hydrogens (primary N) is 1. The maximum absolute atomic E-state index is 12.1. The zero-order valence-electron chi connectivity index (χ0n) is 10.9. The standard InChI is InChI=1S/C11H21N3O4S/c12-19(16,17)10-4-1-5-14(7-10)11(15)13-9-3-2-6-18-8-9/h9-10H,1-8H2,(H,13,15)(H2,12,16,17)/t9-,10?/m1/s1. The third-order valence-corrected chi connectivity index (χ3v) is 4.93. The molecule has 3 N–H and O–H groups in total. The molecular formula is C11H21N3O4S. The number of nitrogens with one attached hydrogen (secondary N) is 1. The Morgan fingerprint density at radius 3 is 2.74 bits per heavy atom. The zero-order chi connectivity index (χ0) is 13.9. The molecule has 2 atom stereocenters. The zero-order valence-corrected chi connectivity index (χ0v) is 11.7. The van der Waals surface area contributed by atoms with E-state index in [0.29, 0.717) is 26.0 Å². The van der Waals surface area contributed by atoms with Gasteiger partial charge in [-0.05, 0) is 25.7 Å². The number of sulfonamides is 1. The van der Waals surface area contributed by atoms with Crippen molar-refractivity contribution in [1.29, 1.82) is 0 Å². The first-order valence-electron chi connectivity index (χ1n) is 6.61. The quantitative estimate of drug-likeness (QED) is 0.724. The summed E-state index contributed by atoms with van der Waals surface area (Å²) < 4.78 is 28.0. The fourth-order valence-corrected chi connectivity index (χ4v) is 3.39. The van der Waals surface area contributed by atoms with E-state index < -0.39 is 15.3 Å². The largest absolute Gasteiger partial charge is 0.379 e. The van der Waals surface area contributed by atoms with Gasteiger partial charge in [0.25, 0.3) is 0 Å². The number of carbonyl (C=O) groups is 1. The van der Waals surface area contributed by atoms with Gasteiger partial charge in [0.15, 0.2) is 0 Å². The Balaban J connectivity index is 1.88. The van der Waals surface area contributed by atoms with E-state index >= 15 is 0 Å². The Kier molecular flexibility index (Phi) is 4.64. The van der Waals surface area contributed by atoms with Crippen molar-refractivity contribution in [2.45, 2.75) is 37.0 Å². The van der Waals surface area contributed by atoms with Crippen molar-refractivity contribution >= 4 is 16.1 Å². The molecule has 0 aromatic heterocycles. The topological polar surface area (TPSA) is 102 Å². The number of hydrogen-bond acceptors (Lipinski definition) is 4. The highest BCUT2D eigenvalue weighted by molar-refractivity contribution is 7.89. The number of likely N-dealkylation sites (tertiary alicyclic amines) is 1. The molecule has 0 aliphatic carbocycles. The smallest absolute Gasteiger partial charge is 0.317 e. The number of ether oxygens (including phenoxy) is 1. The normalized spacial score (nSPS) is 29.0. The minimum atomic E-state index is -3.57. The van der Waals surface area contributed by atoms with Crippen LogP contribution in [0.3, 0.4) is 0 Å². The van der Waals surface area contributed by atoms with Crippen LogP contribution in [0.15, 0.2) is 0 Å². The molecule has 0 spiro atoms. The Morgan fingerprint density at radius 2 is 2.11 bits per heavy atom. The monoisotopic (exact) mass is 291 g/mol. The maximum Gasteiger partial charge on any atom is 0.317 e. The van der Waals surface area contributed by atoms with E-state index in [4.69, 9.17) is 9.88 Å². The lowest BCUT2D eigenvalue weighted by molar-refractivity contribution is 0.0702. The lowest BCUT2D eigenvalue weighted by Crippen LogP contribution is -2.53. The molecule has 0 saturated carbocycles. The molecule has 2 saturated heterocycles. The van der Waals surface area contributed by atoms with Gasteiger partial charge in [-0.25, -0.2) is 18.4 Å². The molecule has 1 unspecified atom stereocenters. The molecule has 2 amide bonds. The van der Waals surface area contributed by atoms with Crippen molar-refractivity contribution in [3.63, 3.8) is 0 Å². The fourth-order valence-electron chi connectivity index (χ4n) is 2.51. The lowest BCUT2D eigenvalue weighted by atomic mass is 10.1. The molecule has 2 aliphatic heterocycles. The fraction of sp³-hybridized carbons (Fsp3) is 0.909. The summed E-state index contributed by atoms with van der Waals surface area (Å²) in [6.07, 6.45) is 3.02. The summed E-state index contributed by atoms with van der Waals surface area (Å²) in [7, 11) is -3.57. The van der Waals surface area contributed by atoms with Crippen LogP contribution in [0.4, 0.5) is 4.79 Å². The van der Waals surface area contributed by atoms with E-state index in [1.807, 2.05) is 0 Å². The first-order chi connectivity index (χ1) is 8.97. The van der Waals surface area contributed by atoms with Crippen molar-refractivity contribution in [2.24, 2.45) is 5.14 Å². The van der Waals surface area contributed by atoms with Crippen LogP contribution < -0.4 is 10.5 Å². The van der Waals surface area contributed by atoms with Gasteiger partial charge in [0, 0.05) is 19.7 Å². The molecular weight excluding hydrogens is 270 g/mol. The summed E-state index contributed by atoms with van der Waals surface area (Å²) in [5.74, 6) is 0. The van der Waals surface area contributed by atoms with E-state index in [1.54, 1.807) is 0 Å². The Hall–Kier alpha value is -0.860.